The van der Waals surface area contributed by atoms with Gasteiger partial charge in [0, 0.05) is 17.1 Å². The summed E-state index contributed by atoms with van der Waals surface area (Å²) < 4.78 is 6.51. The molecule has 0 aliphatic heterocycles. The molecular formula is C21H23N3O3S. The number of hydrogen-bond donors (Lipinski definition) is 1. The van der Waals surface area contributed by atoms with Crippen molar-refractivity contribution in [1.29, 1.82) is 0 Å². The molecule has 0 fully saturated rings. The van der Waals surface area contributed by atoms with Gasteiger partial charge < -0.3 is 10.1 Å². The molecule has 1 aromatic carbocycles. The highest BCUT2D eigenvalue weighted by Gasteiger charge is 2.22. The number of fused-ring (bicyclic) bond motifs is 3. The summed E-state index contributed by atoms with van der Waals surface area (Å²) in [6.45, 7) is 2.63. The van der Waals surface area contributed by atoms with Gasteiger partial charge in [-0.3, -0.25) is 9.36 Å². The van der Waals surface area contributed by atoms with Gasteiger partial charge in [0.1, 0.15) is 4.83 Å². The van der Waals surface area contributed by atoms with Crippen LogP contribution in [0.4, 0.5) is 11.6 Å². The Labute approximate surface area is 167 Å². The normalized spacial score (nSPS) is 13.4. The lowest BCUT2D eigenvalue weighted by atomic mass is 9.97. The SMILES string of the molecule is CCCn1c(Nc2cccc(C(=O)OC)c2)nc2sc3c(c2c1=O)CCCC3. The monoisotopic (exact) mass is 397 g/mol. The van der Waals surface area contributed by atoms with E-state index in [-0.39, 0.29) is 5.56 Å². The molecule has 4 rings (SSSR count). The molecule has 1 aliphatic rings. The van der Waals surface area contributed by atoms with Crippen LogP contribution in [0.1, 0.15) is 47.0 Å². The first-order chi connectivity index (χ1) is 13.6. The van der Waals surface area contributed by atoms with Crippen LogP contribution in [0.5, 0.6) is 0 Å². The Morgan fingerprint density at radius 1 is 1.32 bits per heavy atom. The van der Waals surface area contributed by atoms with Crippen LogP contribution in [0, 0.1) is 0 Å². The van der Waals surface area contributed by atoms with Crippen LogP contribution >= 0.6 is 11.3 Å². The Hall–Kier alpha value is -2.67. The summed E-state index contributed by atoms with van der Waals surface area (Å²) in [7, 11) is 1.36. The number of ether oxygens (including phenoxy) is 1. The minimum Gasteiger partial charge on any atom is -0.465 e. The van der Waals surface area contributed by atoms with Crippen LogP contribution < -0.4 is 10.9 Å². The number of methoxy groups -OCH3 is 1. The molecule has 0 saturated heterocycles. The molecule has 0 unspecified atom stereocenters. The number of hydrogen-bond acceptors (Lipinski definition) is 6. The van der Waals surface area contributed by atoms with Crippen molar-refractivity contribution in [3.8, 4) is 0 Å². The zero-order valence-electron chi connectivity index (χ0n) is 16.1. The zero-order chi connectivity index (χ0) is 19.7. The Balaban J connectivity index is 1.81. The molecule has 1 N–H and O–H groups in total. The van der Waals surface area contributed by atoms with Crippen molar-refractivity contribution < 1.29 is 9.53 Å². The summed E-state index contributed by atoms with van der Waals surface area (Å²) in [5.41, 5.74) is 2.37. The Morgan fingerprint density at radius 2 is 2.14 bits per heavy atom. The van der Waals surface area contributed by atoms with Crippen molar-refractivity contribution in [3.63, 3.8) is 0 Å². The van der Waals surface area contributed by atoms with Gasteiger partial charge in [-0.05, 0) is 55.9 Å². The summed E-state index contributed by atoms with van der Waals surface area (Å²) >= 11 is 1.64. The molecule has 3 aromatic rings. The van der Waals surface area contributed by atoms with Crippen LogP contribution in [0.25, 0.3) is 10.2 Å². The Bertz CT molecular complexity index is 1100. The number of nitrogens with zero attached hydrogens (tertiary/aromatic N) is 2. The maximum atomic E-state index is 13.3. The van der Waals surface area contributed by atoms with Gasteiger partial charge in [-0.2, -0.15) is 0 Å². The molecule has 0 saturated carbocycles. The van der Waals surface area contributed by atoms with Gasteiger partial charge >= 0.3 is 5.97 Å². The smallest absolute Gasteiger partial charge is 0.337 e. The Kier molecular flexibility index (Phi) is 5.17. The second-order valence-electron chi connectivity index (χ2n) is 6.98. The van der Waals surface area contributed by atoms with E-state index >= 15 is 0 Å². The largest absolute Gasteiger partial charge is 0.465 e. The van der Waals surface area contributed by atoms with E-state index in [1.807, 2.05) is 13.0 Å². The van der Waals surface area contributed by atoms with E-state index in [1.165, 1.54) is 24.0 Å². The topological polar surface area (TPSA) is 73.2 Å². The summed E-state index contributed by atoms with van der Waals surface area (Å²) in [6, 6.07) is 7.02. The number of rotatable bonds is 5. The summed E-state index contributed by atoms with van der Waals surface area (Å²) in [6.07, 6.45) is 5.14. The van der Waals surface area contributed by atoms with E-state index in [2.05, 4.69) is 5.32 Å². The van der Waals surface area contributed by atoms with Crippen LogP contribution in [0.3, 0.4) is 0 Å². The fraction of sp³-hybridized carbons (Fsp3) is 0.381. The maximum absolute atomic E-state index is 13.3. The molecule has 7 heteroatoms. The molecule has 1 aliphatic carbocycles. The number of aromatic nitrogens is 2. The minimum atomic E-state index is -0.399. The molecule has 28 heavy (non-hydrogen) atoms. The molecule has 2 aromatic heterocycles. The molecule has 0 spiro atoms. The van der Waals surface area contributed by atoms with Crippen molar-refractivity contribution in [3.05, 3.63) is 50.6 Å². The fourth-order valence-corrected chi connectivity index (χ4v) is 4.99. The quantitative estimate of drug-likeness (QED) is 0.651. The number of nitrogens with one attached hydrogen (secondary N) is 1. The highest BCUT2D eigenvalue weighted by atomic mass is 32.1. The van der Waals surface area contributed by atoms with Crippen LogP contribution in [-0.2, 0) is 24.1 Å². The standard InChI is InChI=1S/C21H23N3O3S/c1-3-11-24-19(25)17-15-9-4-5-10-16(15)28-18(17)23-21(24)22-14-8-6-7-13(12-14)20(26)27-2/h6-8,12H,3-5,9-11H2,1-2H3,(H,22,23). The minimum absolute atomic E-state index is 0.0258. The van der Waals surface area contributed by atoms with Crippen molar-refractivity contribution in [2.45, 2.75) is 45.6 Å². The van der Waals surface area contributed by atoms with Crippen molar-refractivity contribution in [1.82, 2.24) is 9.55 Å². The van der Waals surface area contributed by atoms with E-state index in [9.17, 15) is 9.59 Å². The lowest BCUT2D eigenvalue weighted by Crippen LogP contribution is -2.24. The second kappa shape index (κ2) is 7.75. The summed E-state index contributed by atoms with van der Waals surface area (Å²) in [4.78, 5) is 32.0. The van der Waals surface area contributed by atoms with Gasteiger partial charge in [0.15, 0.2) is 0 Å². The number of carbonyl (C=O) groups excluding carboxylic acids is 1. The van der Waals surface area contributed by atoms with E-state index in [0.717, 1.165) is 35.9 Å². The first-order valence-corrected chi connectivity index (χ1v) is 10.4. The van der Waals surface area contributed by atoms with E-state index in [0.29, 0.717) is 23.7 Å². The predicted molar refractivity (Wildman–Crippen MR) is 112 cm³/mol. The lowest BCUT2D eigenvalue weighted by Gasteiger charge is -2.14. The molecule has 146 valence electrons. The molecular weight excluding hydrogens is 374 g/mol. The van der Waals surface area contributed by atoms with Gasteiger partial charge in [-0.25, -0.2) is 9.78 Å². The third kappa shape index (κ3) is 3.30. The first kappa shape index (κ1) is 18.7. The van der Waals surface area contributed by atoms with Gasteiger partial charge in [0.05, 0.1) is 18.1 Å². The van der Waals surface area contributed by atoms with Crippen molar-refractivity contribution in [2.24, 2.45) is 0 Å². The maximum Gasteiger partial charge on any atom is 0.337 e. The molecule has 0 bridgehead atoms. The number of esters is 1. The van der Waals surface area contributed by atoms with Gasteiger partial charge in [0.25, 0.3) is 5.56 Å². The van der Waals surface area contributed by atoms with E-state index in [1.54, 1.807) is 34.1 Å². The first-order valence-electron chi connectivity index (χ1n) is 9.63. The number of anilines is 2. The highest BCUT2D eigenvalue weighted by Crippen LogP contribution is 2.34. The molecule has 0 amide bonds. The summed E-state index contributed by atoms with van der Waals surface area (Å²) in [5.74, 6) is 0.115. The number of carbonyl (C=O) groups is 1. The average molecular weight is 398 g/mol. The lowest BCUT2D eigenvalue weighted by molar-refractivity contribution is 0.0601. The second-order valence-corrected chi connectivity index (χ2v) is 8.06. The van der Waals surface area contributed by atoms with E-state index in [4.69, 9.17) is 9.72 Å². The number of aryl methyl sites for hydroxylation is 2. The third-order valence-corrected chi connectivity index (χ3v) is 6.25. The van der Waals surface area contributed by atoms with Gasteiger partial charge in [0.2, 0.25) is 5.95 Å². The van der Waals surface area contributed by atoms with Crippen molar-refractivity contribution in [2.75, 3.05) is 12.4 Å². The Morgan fingerprint density at radius 3 is 2.93 bits per heavy atom. The number of thiophene rings is 1. The molecule has 6 nitrogen and oxygen atoms in total. The van der Waals surface area contributed by atoms with Crippen LogP contribution in [0.2, 0.25) is 0 Å². The van der Waals surface area contributed by atoms with E-state index < -0.39 is 5.97 Å². The predicted octanol–water partition coefficient (Wildman–Crippen LogP) is 4.28. The van der Waals surface area contributed by atoms with Gasteiger partial charge in [-0.1, -0.05) is 13.0 Å². The highest BCUT2D eigenvalue weighted by molar-refractivity contribution is 7.18. The number of benzene rings is 1. The van der Waals surface area contributed by atoms with Crippen LogP contribution in [-0.4, -0.2) is 22.6 Å². The van der Waals surface area contributed by atoms with Crippen molar-refractivity contribution >= 4 is 39.2 Å². The van der Waals surface area contributed by atoms with Gasteiger partial charge in [-0.15, -0.1) is 11.3 Å². The fourth-order valence-electron chi connectivity index (χ4n) is 3.74. The molecule has 0 atom stereocenters. The average Bonchev–Trinajstić information content (AvgIpc) is 3.09. The summed E-state index contributed by atoms with van der Waals surface area (Å²) in [5, 5.41) is 4.03. The van der Waals surface area contributed by atoms with Crippen LogP contribution in [0.15, 0.2) is 29.1 Å². The zero-order valence-corrected chi connectivity index (χ0v) is 16.9. The molecule has 0 radical (unpaired) electrons. The third-order valence-electron chi connectivity index (χ3n) is 5.06. The molecule has 2 heterocycles.